The average molecular weight is 418 g/mol. The van der Waals surface area contributed by atoms with Gasteiger partial charge >= 0.3 is 5.97 Å². The topological polar surface area (TPSA) is 118 Å². The number of aliphatic hydroxyl groups excluding tert-OH is 1. The first-order chi connectivity index (χ1) is 14.5. The summed E-state index contributed by atoms with van der Waals surface area (Å²) < 4.78 is 6.45. The summed E-state index contributed by atoms with van der Waals surface area (Å²) in [5.74, 6) is 0.236. The quantitative estimate of drug-likeness (QED) is 0.553. The van der Waals surface area contributed by atoms with Gasteiger partial charge in [-0.25, -0.2) is 14.3 Å². The second-order valence-electron chi connectivity index (χ2n) is 5.47. The monoisotopic (exact) mass is 417 g/mol. The van der Waals surface area contributed by atoms with Crippen LogP contribution in [0.1, 0.15) is 35.3 Å². The minimum Gasteiger partial charge on any atom is -0.465 e. The number of carbonyl (C=O) groups is 2. The van der Waals surface area contributed by atoms with Gasteiger partial charge in [0.2, 0.25) is 0 Å². The molecule has 0 bridgehead atoms. The Labute approximate surface area is 177 Å². The molecular weight excluding hydrogens is 386 g/mol. The minimum absolute atomic E-state index is 0.392. The fraction of sp³-hybridized carbons (Fsp3) is 0.333. The van der Waals surface area contributed by atoms with Gasteiger partial charge < -0.3 is 25.3 Å². The van der Waals surface area contributed by atoms with Crippen molar-refractivity contribution in [2.45, 2.75) is 27.7 Å². The van der Waals surface area contributed by atoms with E-state index in [2.05, 4.69) is 20.7 Å². The van der Waals surface area contributed by atoms with E-state index >= 15 is 0 Å². The van der Waals surface area contributed by atoms with Crippen LogP contribution >= 0.6 is 0 Å². The first kappa shape index (κ1) is 26.5. The lowest BCUT2D eigenvalue weighted by Gasteiger charge is -2.11. The van der Waals surface area contributed by atoms with E-state index in [1.165, 1.54) is 13.4 Å². The van der Waals surface area contributed by atoms with Crippen LogP contribution in [0.5, 0.6) is 0 Å². The first-order valence-electron chi connectivity index (χ1n) is 9.25. The second-order valence-corrected chi connectivity index (χ2v) is 5.47. The van der Waals surface area contributed by atoms with E-state index in [1.807, 2.05) is 59.7 Å². The van der Waals surface area contributed by atoms with E-state index < -0.39 is 5.97 Å². The zero-order valence-electron chi connectivity index (χ0n) is 18.6. The van der Waals surface area contributed by atoms with Crippen LogP contribution in [0, 0.1) is 13.8 Å². The highest BCUT2D eigenvalue weighted by molar-refractivity contribution is 5.95. The van der Waals surface area contributed by atoms with E-state index in [0.717, 1.165) is 35.1 Å². The van der Waals surface area contributed by atoms with Crippen molar-refractivity contribution in [1.29, 1.82) is 0 Å². The summed E-state index contributed by atoms with van der Waals surface area (Å²) in [6.07, 6.45) is 3.10. The largest absolute Gasteiger partial charge is 0.465 e. The predicted molar refractivity (Wildman–Crippen MR) is 120 cm³/mol. The number of anilines is 3. The van der Waals surface area contributed by atoms with Crippen molar-refractivity contribution in [3.05, 3.63) is 47.4 Å². The number of aliphatic hydroxyl groups is 1. The van der Waals surface area contributed by atoms with E-state index in [0.29, 0.717) is 11.4 Å². The third-order valence-corrected chi connectivity index (χ3v) is 4.00. The molecule has 0 saturated heterocycles. The number of methoxy groups -OCH3 is 1. The summed E-state index contributed by atoms with van der Waals surface area (Å²) >= 11 is 0. The lowest BCUT2D eigenvalue weighted by molar-refractivity contribution is -0.0980. The van der Waals surface area contributed by atoms with Crippen LogP contribution in [0.4, 0.5) is 17.2 Å². The van der Waals surface area contributed by atoms with Crippen LogP contribution in [-0.4, -0.2) is 53.7 Å². The van der Waals surface area contributed by atoms with Gasteiger partial charge in [-0.3, -0.25) is 0 Å². The Morgan fingerprint density at radius 2 is 1.83 bits per heavy atom. The Morgan fingerprint density at radius 1 is 1.20 bits per heavy atom. The zero-order chi connectivity index (χ0) is 23.3. The zero-order valence-corrected chi connectivity index (χ0v) is 18.6. The Hall–Kier alpha value is -3.46. The summed E-state index contributed by atoms with van der Waals surface area (Å²) in [5.41, 5.74) is 5.07. The molecule has 0 saturated carbocycles. The number of hydrogen-bond donors (Lipinski definition) is 3. The molecule has 2 heterocycles. The molecule has 164 valence electrons. The number of benzene rings is 1. The Morgan fingerprint density at radius 3 is 2.40 bits per heavy atom. The number of hydrogen-bond acceptors (Lipinski definition) is 8. The van der Waals surface area contributed by atoms with Crippen LogP contribution in [0.2, 0.25) is 0 Å². The fourth-order valence-corrected chi connectivity index (χ4v) is 2.67. The highest BCUT2D eigenvalue weighted by Crippen LogP contribution is 2.27. The van der Waals surface area contributed by atoms with Crippen LogP contribution < -0.4 is 10.6 Å². The number of fused-ring (bicyclic) bond motifs is 1. The molecule has 0 aliphatic carbocycles. The maximum Gasteiger partial charge on any atom is 0.339 e. The first-order valence-corrected chi connectivity index (χ1v) is 9.25. The molecule has 30 heavy (non-hydrogen) atoms. The van der Waals surface area contributed by atoms with Gasteiger partial charge in [0, 0.05) is 31.7 Å². The van der Waals surface area contributed by atoms with Crippen LogP contribution in [0.25, 0.3) is 5.52 Å². The van der Waals surface area contributed by atoms with Gasteiger partial charge in [-0.15, -0.1) is 0 Å². The van der Waals surface area contributed by atoms with E-state index in [-0.39, 0.29) is 0 Å². The predicted octanol–water partition coefficient (Wildman–Crippen LogP) is 3.37. The molecule has 9 nitrogen and oxygen atoms in total. The number of aromatic nitrogens is 3. The summed E-state index contributed by atoms with van der Waals surface area (Å²) in [4.78, 5) is 24.2. The molecule has 9 heteroatoms. The number of rotatable bonds is 4. The van der Waals surface area contributed by atoms with Crippen molar-refractivity contribution in [3.8, 4) is 0 Å². The van der Waals surface area contributed by atoms with Gasteiger partial charge in [-0.05, 0) is 37.1 Å². The molecule has 0 aliphatic heterocycles. The summed E-state index contributed by atoms with van der Waals surface area (Å²) in [7, 11) is 4.25. The molecule has 2 aromatic heterocycles. The molecule has 0 fully saturated rings. The van der Waals surface area contributed by atoms with Gasteiger partial charge in [0.05, 0.1) is 12.7 Å². The Balaban J connectivity index is 0.00000129. The number of esters is 1. The molecule has 0 aliphatic rings. The van der Waals surface area contributed by atoms with Crippen LogP contribution in [-0.2, 0) is 9.53 Å². The normalized spacial score (nSPS) is 9.07. The number of carbonyl (C=O) groups excluding carboxylic acids is 2. The van der Waals surface area contributed by atoms with E-state index in [1.54, 1.807) is 10.7 Å². The van der Waals surface area contributed by atoms with Crippen molar-refractivity contribution in [2.75, 3.05) is 31.9 Å². The molecular formula is C21H31N5O4. The molecule has 0 spiro atoms. The molecule has 0 amide bonds. The SMILES string of the molecule is C=O.CC.CNc1cc(Nc2ncnn3cc(C(=O)OC)c(C)c23)ccc1C.CO. The van der Waals surface area contributed by atoms with Crippen molar-refractivity contribution in [2.24, 2.45) is 0 Å². The summed E-state index contributed by atoms with van der Waals surface area (Å²) in [6, 6.07) is 6.01. The number of nitrogens with zero attached hydrogens (tertiary/aromatic N) is 3. The minimum atomic E-state index is -0.392. The van der Waals surface area contributed by atoms with Gasteiger partial charge in [0.1, 0.15) is 18.6 Å². The van der Waals surface area contributed by atoms with Gasteiger partial charge in [0.15, 0.2) is 5.82 Å². The van der Waals surface area contributed by atoms with Crippen molar-refractivity contribution in [1.82, 2.24) is 14.6 Å². The van der Waals surface area contributed by atoms with Gasteiger partial charge in [-0.2, -0.15) is 5.10 Å². The molecule has 0 atom stereocenters. The van der Waals surface area contributed by atoms with Gasteiger partial charge in [-0.1, -0.05) is 19.9 Å². The molecule has 0 radical (unpaired) electrons. The number of aryl methyl sites for hydroxylation is 2. The summed E-state index contributed by atoms with van der Waals surface area (Å²) in [5, 5.41) is 17.6. The second kappa shape index (κ2) is 13.7. The lowest BCUT2D eigenvalue weighted by atomic mass is 10.1. The highest BCUT2D eigenvalue weighted by Gasteiger charge is 2.18. The fourth-order valence-electron chi connectivity index (χ4n) is 2.67. The smallest absolute Gasteiger partial charge is 0.339 e. The van der Waals surface area contributed by atoms with Crippen molar-refractivity contribution >= 4 is 35.5 Å². The van der Waals surface area contributed by atoms with E-state index in [4.69, 9.17) is 14.6 Å². The summed E-state index contributed by atoms with van der Waals surface area (Å²) in [6.45, 7) is 9.89. The maximum atomic E-state index is 11.9. The maximum absolute atomic E-state index is 11.9. The average Bonchev–Trinajstić information content (AvgIpc) is 3.16. The Bertz CT molecular complexity index is 941. The third kappa shape index (κ3) is 6.02. The van der Waals surface area contributed by atoms with Crippen LogP contribution in [0.3, 0.4) is 0 Å². The van der Waals surface area contributed by atoms with Gasteiger partial charge in [0.25, 0.3) is 0 Å². The van der Waals surface area contributed by atoms with Crippen molar-refractivity contribution < 1.29 is 19.4 Å². The molecule has 0 unspecified atom stereocenters. The molecule has 3 N–H and O–H groups in total. The van der Waals surface area contributed by atoms with Crippen molar-refractivity contribution in [3.63, 3.8) is 0 Å². The molecule has 3 aromatic rings. The van der Waals surface area contributed by atoms with Crippen LogP contribution in [0.15, 0.2) is 30.7 Å². The number of nitrogens with one attached hydrogen (secondary N) is 2. The Kier molecular flexibility index (Phi) is 12.1. The van der Waals surface area contributed by atoms with E-state index in [9.17, 15) is 4.79 Å². The molecule has 3 rings (SSSR count). The standard InChI is InChI=1S/C17H19N5O2.C2H6.CH4O.CH2O/c1-10-5-6-12(7-14(10)18-3)21-16-15-11(2)13(17(23)24-4)8-22(15)20-9-19-16;3*1-2/h5-9,18H,1-4H3,(H,19,20,21);1-2H3;2H,1H3;1H2. The number of ether oxygens (including phenoxy) is 1. The highest BCUT2D eigenvalue weighted by atomic mass is 16.5. The third-order valence-electron chi connectivity index (χ3n) is 4.00. The lowest BCUT2D eigenvalue weighted by Crippen LogP contribution is -2.01. The molecule has 1 aromatic carbocycles.